The second kappa shape index (κ2) is 7.87. The molecule has 0 aliphatic rings. The van der Waals surface area contributed by atoms with E-state index in [9.17, 15) is 14.5 Å². The van der Waals surface area contributed by atoms with Gasteiger partial charge in [-0.1, -0.05) is 47.5 Å². The number of halogens is 1. The monoisotopic (exact) mass is 421 g/mol. The van der Waals surface area contributed by atoms with Crippen molar-refractivity contribution in [3.8, 4) is 10.4 Å². The second-order valence-electron chi connectivity index (χ2n) is 5.85. The van der Waals surface area contributed by atoms with Gasteiger partial charge in [0.05, 0.1) is 11.0 Å². The van der Waals surface area contributed by atoms with E-state index < -0.39 is 13.5 Å². The molecule has 0 amide bonds. The summed E-state index contributed by atoms with van der Waals surface area (Å²) in [6, 6.07) is 15.9. The van der Waals surface area contributed by atoms with Crippen LogP contribution >= 0.6 is 30.5 Å². The van der Waals surface area contributed by atoms with Crippen LogP contribution in [0.1, 0.15) is 15.2 Å². The number of benzene rings is 2. The van der Waals surface area contributed by atoms with Crippen LogP contribution in [-0.4, -0.2) is 18.2 Å². The van der Waals surface area contributed by atoms with Crippen LogP contribution in [0, 0.1) is 6.92 Å². The molecule has 3 rings (SSSR count). The van der Waals surface area contributed by atoms with Crippen LogP contribution in [0.4, 0.5) is 5.69 Å². The lowest BCUT2D eigenvalue weighted by Gasteiger charge is -2.18. The molecule has 0 fully saturated rings. The first-order chi connectivity index (χ1) is 12.8. The molecule has 1 heterocycles. The van der Waals surface area contributed by atoms with Gasteiger partial charge in [-0.2, -0.15) is 0 Å². The lowest BCUT2D eigenvalue weighted by atomic mass is 10.1. The van der Waals surface area contributed by atoms with Crippen LogP contribution in [0.5, 0.6) is 0 Å². The minimum absolute atomic E-state index is 0.0601. The van der Waals surface area contributed by atoms with Crippen LogP contribution in [0.2, 0.25) is 5.02 Å². The van der Waals surface area contributed by atoms with Crippen molar-refractivity contribution in [2.45, 2.75) is 6.92 Å². The number of aromatic carboxylic acids is 1. The van der Waals surface area contributed by atoms with E-state index in [1.807, 2.05) is 31.2 Å². The molecule has 8 heteroatoms. The molecule has 0 aliphatic carbocycles. The summed E-state index contributed by atoms with van der Waals surface area (Å²) < 4.78 is 18.5. The van der Waals surface area contributed by atoms with Gasteiger partial charge in [0.2, 0.25) is 0 Å². The van der Waals surface area contributed by atoms with Gasteiger partial charge in [-0.3, -0.25) is 4.57 Å². The number of hydrogen-bond donors (Lipinski definition) is 2. The van der Waals surface area contributed by atoms with Gasteiger partial charge in [0.15, 0.2) is 0 Å². The normalized spacial score (nSPS) is 13.1. The summed E-state index contributed by atoms with van der Waals surface area (Å²) in [5, 5.41) is 13.1. The Kier molecular flexibility index (Phi) is 5.72. The zero-order valence-electron chi connectivity index (χ0n) is 14.6. The minimum Gasteiger partial charge on any atom is -0.477 e. The molecule has 0 saturated heterocycles. The highest BCUT2D eigenvalue weighted by Gasteiger charge is 2.28. The van der Waals surface area contributed by atoms with E-state index in [1.165, 1.54) is 13.2 Å². The third kappa shape index (κ3) is 4.25. The molecule has 0 radical (unpaired) electrons. The van der Waals surface area contributed by atoms with E-state index in [2.05, 4.69) is 5.09 Å². The van der Waals surface area contributed by atoms with Crippen molar-refractivity contribution in [1.82, 2.24) is 0 Å². The largest absolute Gasteiger partial charge is 0.477 e. The summed E-state index contributed by atoms with van der Waals surface area (Å²) in [6.45, 7) is 1.98. The summed E-state index contributed by atoms with van der Waals surface area (Å²) in [5.74, 6) is -1.10. The molecule has 5 nitrogen and oxygen atoms in total. The van der Waals surface area contributed by atoms with Gasteiger partial charge in [0.25, 0.3) is 0 Å². The maximum Gasteiger partial charge on any atom is 0.348 e. The lowest BCUT2D eigenvalue weighted by molar-refractivity contribution is 0.0703. The number of thiophene rings is 1. The number of carbonyl (C=O) groups is 1. The molecule has 27 heavy (non-hydrogen) atoms. The van der Waals surface area contributed by atoms with Crippen molar-refractivity contribution in [2.24, 2.45) is 0 Å². The Labute approximate surface area is 166 Å². The summed E-state index contributed by atoms with van der Waals surface area (Å²) in [5.41, 5.74) is 2.24. The van der Waals surface area contributed by atoms with Crippen molar-refractivity contribution < 1.29 is 19.0 Å². The maximum absolute atomic E-state index is 13.3. The zero-order chi connectivity index (χ0) is 19.6. The third-order valence-corrected chi connectivity index (χ3v) is 7.35. The van der Waals surface area contributed by atoms with Gasteiger partial charge in [0, 0.05) is 17.0 Å². The average Bonchev–Trinajstić information content (AvgIpc) is 3.06. The smallest absolute Gasteiger partial charge is 0.348 e. The minimum atomic E-state index is -3.55. The fourth-order valence-electron chi connectivity index (χ4n) is 2.53. The Morgan fingerprint density at radius 3 is 2.48 bits per heavy atom. The summed E-state index contributed by atoms with van der Waals surface area (Å²) >= 11 is 7.10. The fourth-order valence-corrected chi connectivity index (χ4v) is 5.34. The number of carboxylic acid groups (broad SMARTS) is 1. The first-order valence-electron chi connectivity index (χ1n) is 7.97. The molecule has 0 bridgehead atoms. The number of carboxylic acids is 1. The molecule has 0 saturated carbocycles. The van der Waals surface area contributed by atoms with Crippen LogP contribution in [-0.2, 0) is 9.09 Å². The van der Waals surface area contributed by atoms with Gasteiger partial charge < -0.3 is 14.7 Å². The van der Waals surface area contributed by atoms with E-state index >= 15 is 0 Å². The standard InChI is InChI=1S/C19H17ClNO4PS/c1-12-6-8-13(9-7-12)17-11-16(18(27-17)19(22)23)21-26(24,25-2)15-5-3-4-14(20)10-15/h3-11H,1-2H3,(H,21,24)(H,22,23). The first-order valence-corrected chi connectivity index (χ1v) is 10.8. The van der Waals surface area contributed by atoms with Gasteiger partial charge in [-0.25, -0.2) is 4.79 Å². The molecule has 1 aromatic heterocycles. The van der Waals surface area contributed by atoms with E-state index in [1.54, 1.807) is 24.3 Å². The quantitative estimate of drug-likeness (QED) is 0.503. The Bertz CT molecular complexity index is 1030. The highest BCUT2D eigenvalue weighted by Crippen LogP contribution is 2.48. The van der Waals surface area contributed by atoms with Crippen molar-refractivity contribution in [3.63, 3.8) is 0 Å². The SMILES string of the molecule is COP(=O)(Nc1cc(-c2ccc(C)cc2)sc1C(=O)O)c1cccc(Cl)c1. The number of nitrogens with one attached hydrogen (secondary N) is 1. The molecule has 0 aliphatic heterocycles. The van der Waals surface area contributed by atoms with Crippen LogP contribution in [0.15, 0.2) is 54.6 Å². The van der Waals surface area contributed by atoms with E-state index in [-0.39, 0.29) is 10.6 Å². The van der Waals surface area contributed by atoms with E-state index in [4.69, 9.17) is 16.1 Å². The Balaban J connectivity index is 2.03. The Hall–Kier alpha value is -2.11. The number of hydrogen-bond acceptors (Lipinski definition) is 4. The first kappa shape index (κ1) is 19.6. The van der Waals surface area contributed by atoms with Crippen molar-refractivity contribution in [2.75, 3.05) is 12.2 Å². The number of rotatable bonds is 6. The van der Waals surface area contributed by atoms with E-state index in [0.29, 0.717) is 10.3 Å². The Morgan fingerprint density at radius 2 is 1.89 bits per heavy atom. The molecule has 0 spiro atoms. The number of aryl methyl sites for hydroxylation is 1. The topological polar surface area (TPSA) is 75.6 Å². The van der Waals surface area contributed by atoms with Crippen molar-refractivity contribution in [1.29, 1.82) is 0 Å². The average molecular weight is 422 g/mol. The van der Waals surface area contributed by atoms with Crippen LogP contribution < -0.4 is 10.4 Å². The summed E-state index contributed by atoms with van der Waals surface area (Å²) in [7, 11) is -2.24. The van der Waals surface area contributed by atoms with Gasteiger partial charge in [-0.15, -0.1) is 11.3 Å². The molecule has 1 atom stereocenters. The highest BCUT2D eigenvalue weighted by molar-refractivity contribution is 7.68. The third-order valence-electron chi connectivity index (χ3n) is 3.94. The van der Waals surface area contributed by atoms with Gasteiger partial charge in [-0.05, 0) is 36.8 Å². The van der Waals surface area contributed by atoms with Gasteiger partial charge in [0.1, 0.15) is 4.88 Å². The number of anilines is 1. The highest BCUT2D eigenvalue weighted by atomic mass is 35.5. The molecule has 2 N–H and O–H groups in total. The molecule has 140 valence electrons. The van der Waals surface area contributed by atoms with Crippen molar-refractivity contribution >= 4 is 47.4 Å². The zero-order valence-corrected chi connectivity index (χ0v) is 17.1. The lowest BCUT2D eigenvalue weighted by Crippen LogP contribution is -2.14. The van der Waals surface area contributed by atoms with Crippen molar-refractivity contribution in [3.05, 3.63) is 70.1 Å². The Morgan fingerprint density at radius 1 is 1.19 bits per heavy atom. The summed E-state index contributed by atoms with van der Waals surface area (Å²) in [6.07, 6.45) is 0. The molecule has 2 aromatic carbocycles. The van der Waals surface area contributed by atoms with Crippen LogP contribution in [0.3, 0.4) is 0 Å². The van der Waals surface area contributed by atoms with E-state index in [0.717, 1.165) is 27.3 Å². The van der Waals surface area contributed by atoms with Gasteiger partial charge >= 0.3 is 13.5 Å². The fraction of sp³-hybridized carbons (Fsp3) is 0.105. The van der Waals surface area contributed by atoms with Crippen LogP contribution in [0.25, 0.3) is 10.4 Å². The summed E-state index contributed by atoms with van der Waals surface area (Å²) in [4.78, 5) is 12.5. The predicted octanol–water partition coefficient (Wildman–Crippen LogP) is 5.65. The molecular formula is C19H17ClNO4PS. The molecular weight excluding hydrogens is 405 g/mol. The maximum atomic E-state index is 13.3. The molecule has 1 unspecified atom stereocenters. The second-order valence-corrected chi connectivity index (χ2v) is 9.55. The predicted molar refractivity (Wildman–Crippen MR) is 111 cm³/mol. The molecule has 3 aromatic rings.